The fourth-order valence-corrected chi connectivity index (χ4v) is 5.56. The van der Waals surface area contributed by atoms with E-state index in [4.69, 9.17) is 4.74 Å². The maximum atomic E-state index is 15.0. The van der Waals surface area contributed by atoms with Crippen molar-refractivity contribution in [1.82, 2.24) is 0 Å². The molecular weight excluding hydrogens is 646 g/mol. The summed E-state index contributed by atoms with van der Waals surface area (Å²) in [6.45, 7) is 2.07. The first-order chi connectivity index (χ1) is 22.2. The number of hydrogen-bond acceptors (Lipinski definition) is 3. The average Bonchev–Trinajstić information content (AvgIpc) is 3.35. The van der Waals surface area contributed by atoms with Gasteiger partial charge < -0.3 is 9.47 Å². The lowest BCUT2D eigenvalue weighted by Crippen LogP contribution is -2.25. The number of rotatable bonds is 9. The second-order valence-electron chi connectivity index (χ2n) is 10.9. The van der Waals surface area contributed by atoms with E-state index in [2.05, 4.69) is 11.7 Å². The zero-order valence-corrected chi connectivity index (χ0v) is 24.2. The summed E-state index contributed by atoms with van der Waals surface area (Å²) in [4.78, 5) is 12.7. The molecule has 0 bridgehead atoms. The Kier molecular flexibility index (Phi) is 9.37. The van der Waals surface area contributed by atoms with Crippen LogP contribution in [0.2, 0.25) is 0 Å². The highest BCUT2D eigenvalue weighted by molar-refractivity contribution is 5.91. The highest BCUT2D eigenvalue weighted by Crippen LogP contribution is 2.39. The Morgan fingerprint density at radius 1 is 0.787 bits per heavy atom. The van der Waals surface area contributed by atoms with E-state index in [1.165, 1.54) is 6.07 Å². The molecule has 0 heterocycles. The fraction of sp³-hybridized carbons (Fsp3) is 0.206. The van der Waals surface area contributed by atoms with Gasteiger partial charge in [0, 0.05) is 30.3 Å². The number of carbonyl (C=O) groups is 1. The first kappa shape index (κ1) is 33.6. The van der Waals surface area contributed by atoms with Crippen molar-refractivity contribution in [1.29, 1.82) is 0 Å². The predicted molar refractivity (Wildman–Crippen MR) is 150 cm³/mol. The van der Waals surface area contributed by atoms with Crippen molar-refractivity contribution in [2.75, 3.05) is 0 Å². The molecule has 4 aromatic rings. The third-order valence-corrected chi connectivity index (χ3v) is 7.56. The van der Waals surface area contributed by atoms with E-state index in [1.54, 1.807) is 12.1 Å². The molecule has 1 unspecified atom stereocenters. The molecule has 0 fully saturated rings. The Hall–Kier alpha value is -4.81. The van der Waals surface area contributed by atoms with Gasteiger partial charge in [-0.05, 0) is 59.7 Å². The lowest BCUT2D eigenvalue weighted by atomic mass is 10.0. The van der Waals surface area contributed by atoms with Gasteiger partial charge in [0.2, 0.25) is 0 Å². The van der Waals surface area contributed by atoms with Crippen molar-refractivity contribution in [2.24, 2.45) is 5.92 Å². The van der Waals surface area contributed by atoms with Crippen molar-refractivity contribution >= 4 is 12.0 Å². The Morgan fingerprint density at radius 2 is 1.36 bits per heavy atom. The van der Waals surface area contributed by atoms with Crippen LogP contribution in [-0.4, -0.2) is 5.97 Å². The van der Waals surface area contributed by atoms with E-state index in [-0.39, 0.29) is 35.9 Å². The number of fused-ring (bicyclic) bond motifs is 1. The zero-order valence-electron chi connectivity index (χ0n) is 24.2. The van der Waals surface area contributed by atoms with Crippen LogP contribution >= 0.6 is 0 Å². The Balaban J connectivity index is 1.37. The first-order valence-electron chi connectivity index (χ1n) is 14.1. The maximum Gasteiger partial charge on any atom is 0.432 e. The highest BCUT2D eigenvalue weighted by Gasteiger charge is 2.42. The maximum absolute atomic E-state index is 15.0. The lowest BCUT2D eigenvalue weighted by molar-refractivity contribution is -0.189. The number of halogens is 10. The summed E-state index contributed by atoms with van der Waals surface area (Å²) in [5.41, 5.74) is -3.08. The van der Waals surface area contributed by atoms with Crippen LogP contribution in [0.15, 0.2) is 60.7 Å². The molecule has 3 nitrogen and oxygen atoms in total. The molecule has 0 saturated heterocycles. The summed E-state index contributed by atoms with van der Waals surface area (Å²) >= 11 is 0. The molecule has 246 valence electrons. The predicted octanol–water partition coefficient (Wildman–Crippen LogP) is 10.3. The van der Waals surface area contributed by atoms with Crippen LogP contribution in [0.25, 0.3) is 17.2 Å². The van der Waals surface area contributed by atoms with E-state index in [0.717, 1.165) is 36.8 Å². The van der Waals surface area contributed by atoms with Crippen LogP contribution in [0.3, 0.4) is 0 Å². The second-order valence-corrected chi connectivity index (χ2v) is 10.9. The standard InChI is InChI=1S/C34H22F10O3/c1-2-3-16-6-17-4-5-18(8-19(17)7-16)33(45)46-21-11-26(37)31(27(38)12-21)20-9-28(39)32(29(40)10-20)34(43,44)47-22-13-24(35)23(15-30(41)42)25(36)14-22/h4-5,8-16H,2-3,6-7H2,1H3. The molecule has 0 aromatic heterocycles. The molecule has 5 rings (SSSR count). The van der Waals surface area contributed by atoms with E-state index in [0.29, 0.717) is 18.1 Å². The van der Waals surface area contributed by atoms with Gasteiger partial charge >= 0.3 is 12.1 Å². The van der Waals surface area contributed by atoms with Crippen LogP contribution in [0, 0.1) is 40.8 Å². The Bertz CT molecular complexity index is 1830. The molecular formula is C34H22F10O3. The topological polar surface area (TPSA) is 35.5 Å². The van der Waals surface area contributed by atoms with E-state index in [1.807, 2.05) is 0 Å². The summed E-state index contributed by atoms with van der Waals surface area (Å²) in [5, 5.41) is 0. The second kappa shape index (κ2) is 13.1. The summed E-state index contributed by atoms with van der Waals surface area (Å²) in [5.74, 6) is -12.9. The van der Waals surface area contributed by atoms with Crippen molar-refractivity contribution in [3.05, 3.63) is 123 Å². The van der Waals surface area contributed by atoms with Crippen molar-refractivity contribution in [2.45, 2.75) is 38.7 Å². The van der Waals surface area contributed by atoms with Gasteiger partial charge in [-0.15, -0.1) is 0 Å². The monoisotopic (exact) mass is 668 g/mol. The van der Waals surface area contributed by atoms with Crippen molar-refractivity contribution in [3.63, 3.8) is 0 Å². The number of carbonyl (C=O) groups excluding carboxylic acids is 1. The molecule has 47 heavy (non-hydrogen) atoms. The number of alkyl halides is 2. The van der Waals surface area contributed by atoms with E-state index >= 15 is 8.78 Å². The molecule has 1 atom stereocenters. The summed E-state index contributed by atoms with van der Waals surface area (Å²) in [7, 11) is 0. The minimum atomic E-state index is -4.95. The number of ether oxygens (including phenoxy) is 2. The van der Waals surface area contributed by atoms with Gasteiger partial charge in [0.25, 0.3) is 6.08 Å². The number of esters is 1. The van der Waals surface area contributed by atoms with Crippen molar-refractivity contribution in [3.8, 4) is 22.6 Å². The van der Waals surface area contributed by atoms with Gasteiger partial charge in [0.05, 0.1) is 16.7 Å². The van der Waals surface area contributed by atoms with Crippen LogP contribution < -0.4 is 9.47 Å². The molecule has 0 N–H and O–H groups in total. The highest BCUT2D eigenvalue weighted by atomic mass is 19.3. The third-order valence-electron chi connectivity index (χ3n) is 7.56. The molecule has 0 amide bonds. The molecule has 0 saturated carbocycles. The van der Waals surface area contributed by atoms with Gasteiger partial charge in [-0.1, -0.05) is 25.8 Å². The normalized spacial score (nSPS) is 14.1. The van der Waals surface area contributed by atoms with Gasteiger partial charge in [-0.2, -0.15) is 17.6 Å². The SMILES string of the molecule is CCCC1Cc2ccc(C(=O)Oc3cc(F)c(-c4cc(F)c(C(F)(F)Oc5cc(F)c(C=C(F)F)c(F)c5)c(F)c4)c(F)c3)cc2C1. The number of benzene rings is 4. The van der Waals surface area contributed by atoms with Gasteiger partial charge in [-0.3, -0.25) is 0 Å². The summed E-state index contributed by atoms with van der Waals surface area (Å²) in [6, 6.07) is 6.60. The van der Waals surface area contributed by atoms with Crippen LogP contribution in [-0.2, 0) is 19.0 Å². The van der Waals surface area contributed by atoms with Crippen molar-refractivity contribution < 1.29 is 58.2 Å². The van der Waals surface area contributed by atoms with Crippen LogP contribution in [0.4, 0.5) is 43.9 Å². The van der Waals surface area contributed by atoms with Crippen LogP contribution in [0.5, 0.6) is 11.5 Å². The van der Waals surface area contributed by atoms with Crippen LogP contribution in [0.1, 0.15) is 52.4 Å². The fourth-order valence-electron chi connectivity index (χ4n) is 5.56. The smallest absolute Gasteiger partial charge is 0.429 e. The molecule has 0 radical (unpaired) electrons. The first-order valence-corrected chi connectivity index (χ1v) is 14.1. The van der Waals surface area contributed by atoms with E-state index < -0.39 is 86.8 Å². The summed E-state index contributed by atoms with van der Waals surface area (Å²) < 4.78 is 151. The molecule has 4 aromatic carbocycles. The minimum Gasteiger partial charge on any atom is -0.429 e. The largest absolute Gasteiger partial charge is 0.432 e. The molecule has 0 spiro atoms. The van der Waals surface area contributed by atoms with E-state index in [9.17, 15) is 39.9 Å². The Labute approximate surface area is 261 Å². The Morgan fingerprint density at radius 3 is 1.94 bits per heavy atom. The third kappa shape index (κ3) is 7.13. The minimum absolute atomic E-state index is 0.0856. The lowest BCUT2D eigenvalue weighted by Gasteiger charge is -2.20. The zero-order chi connectivity index (χ0) is 34.2. The van der Waals surface area contributed by atoms with Gasteiger partial charge in [-0.25, -0.2) is 31.1 Å². The number of hydrogen-bond donors (Lipinski definition) is 0. The molecule has 1 aliphatic rings. The average molecular weight is 669 g/mol. The van der Waals surface area contributed by atoms with Gasteiger partial charge in [0.1, 0.15) is 52.0 Å². The molecule has 13 heteroatoms. The quantitative estimate of drug-likeness (QED) is 0.101. The molecule has 0 aliphatic heterocycles. The summed E-state index contributed by atoms with van der Waals surface area (Å²) in [6.07, 6.45) is -3.97. The van der Waals surface area contributed by atoms with Gasteiger partial charge in [0.15, 0.2) is 0 Å². The molecule has 1 aliphatic carbocycles.